The predicted octanol–water partition coefficient (Wildman–Crippen LogP) is 2.09. The number of halogens is 1. The number of nitrogens with one attached hydrogen (secondary N) is 2. The van der Waals surface area contributed by atoms with Gasteiger partial charge < -0.3 is 10.6 Å². The molecule has 1 atom stereocenters. The minimum Gasteiger partial charge on any atom is -0.356 e. The van der Waals surface area contributed by atoms with Crippen LogP contribution < -0.4 is 10.6 Å². The van der Waals surface area contributed by atoms with Crippen LogP contribution in [0.1, 0.15) is 24.8 Å². The molecule has 2 heterocycles. The standard InChI is InChI=1S/C17H22N4O.ClH/c22-17(11-15-5-4-9-18-15)19-10-8-14-12-20-21(13-14)16-6-2-1-3-7-16;/h1-3,6-7,12-13,15,18H,4-5,8-11H2,(H,19,22);1H. The van der Waals surface area contributed by atoms with Gasteiger partial charge in [0.2, 0.25) is 5.91 Å². The molecule has 1 aliphatic rings. The van der Waals surface area contributed by atoms with E-state index < -0.39 is 0 Å². The molecule has 1 aromatic carbocycles. The molecule has 2 aromatic rings. The van der Waals surface area contributed by atoms with E-state index >= 15 is 0 Å². The van der Waals surface area contributed by atoms with E-state index in [-0.39, 0.29) is 18.3 Å². The normalized spacial score (nSPS) is 16.8. The third-order valence-corrected chi connectivity index (χ3v) is 3.99. The lowest BCUT2D eigenvalue weighted by Crippen LogP contribution is -2.32. The van der Waals surface area contributed by atoms with Gasteiger partial charge in [-0.25, -0.2) is 4.68 Å². The smallest absolute Gasteiger partial charge is 0.221 e. The van der Waals surface area contributed by atoms with E-state index in [1.54, 1.807) is 0 Å². The Balaban J connectivity index is 0.00000192. The number of carbonyl (C=O) groups is 1. The zero-order chi connectivity index (χ0) is 15.2. The van der Waals surface area contributed by atoms with Crippen LogP contribution >= 0.6 is 12.4 Å². The fourth-order valence-corrected chi connectivity index (χ4v) is 2.78. The molecular weight excluding hydrogens is 312 g/mol. The van der Waals surface area contributed by atoms with Crippen molar-refractivity contribution in [2.24, 2.45) is 0 Å². The third kappa shape index (κ3) is 5.08. The summed E-state index contributed by atoms with van der Waals surface area (Å²) in [4.78, 5) is 11.8. The maximum absolute atomic E-state index is 11.8. The predicted molar refractivity (Wildman–Crippen MR) is 93.2 cm³/mol. The molecule has 5 nitrogen and oxygen atoms in total. The van der Waals surface area contributed by atoms with Crippen molar-refractivity contribution < 1.29 is 4.79 Å². The zero-order valence-corrected chi connectivity index (χ0v) is 13.9. The Morgan fingerprint density at radius 3 is 2.91 bits per heavy atom. The largest absolute Gasteiger partial charge is 0.356 e. The lowest BCUT2D eigenvalue weighted by Gasteiger charge is -2.09. The monoisotopic (exact) mass is 334 g/mol. The van der Waals surface area contributed by atoms with Gasteiger partial charge in [-0.05, 0) is 43.5 Å². The van der Waals surface area contributed by atoms with E-state index in [0.717, 1.165) is 30.6 Å². The molecule has 0 spiro atoms. The summed E-state index contributed by atoms with van der Waals surface area (Å²) in [5, 5.41) is 10.7. The second kappa shape index (κ2) is 8.70. The van der Waals surface area contributed by atoms with Crippen molar-refractivity contribution in [3.05, 3.63) is 48.3 Å². The number of amides is 1. The lowest BCUT2D eigenvalue weighted by atomic mass is 10.1. The summed E-state index contributed by atoms with van der Waals surface area (Å²) < 4.78 is 1.86. The number of hydrogen-bond acceptors (Lipinski definition) is 3. The molecule has 0 radical (unpaired) electrons. The van der Waals surface area contributed by atoms with Gasteiger partial charge in [0.05, 0.1) is 11.9 Å². The number of nitrogens with zero attached hydrogens (tertiary/aromatic N) is 2. The summed E-state index contributed by atoms with van der Waals surface area (Å²) in [7, 11) is 0. The number of aromatic nitrogens is 2. The Morgan fingerprint density at radius 2 is 2.17 bits per heavy atom. The van der Waals surface area contributed by atoms with Crippen LogP contribution in [-0.2, 0) is 11.2 Å². The van der Waals surface area contributed by atoms with E-state index in [2.05, 4.69) is 15.7 Å². The number of rotatable bonds is 6. The van der Waals surface area contributed by atoms with E-state index in [9.17, 15) is 4.79 Å². The summed E-state index contributed by atoms with van der Waals surface area (Å²) in [5.41, 5.74) is 2.17. The summed E-state index contributed by atoms with van der Waals surface area (Å²) in [5.74, 6) is 0.134. The molecular formula is C17H23ClN4O. The average Bonchev–Trinajstić information content (AvgIpc) is 3.20. The topological polar surface area (TPSA) is 59.0 Å². The summed E-state index contributed by atoms with van der Waals surface area (Å²) >= 11 is 0. The Morgan fingerprint density at radius 1 is 1.35 bits per heavy atom. The second-order valence-corrected chi connectivity index (χ2v) is 5.73. The molecule has 0 saturated carbocycles. The van der Waals surface area contributed by atoms with Gasteiger partial charge >= 0.3 is 0 Å². The quantitative estimate of drug-likeness (QED) is 0.850. The number of hydrogen-bond donors (Lipinski definition) is 2. The van der Waals surface area contributed by atoms with Gasteiger partial charge in [0.1, 0.15) is 0 Å². The maximum atomic E-state index is 11.8. The average molecular weight is 335 g/mol. The Labute approximate surface area is 142 Å². The highest BCUT2D eigenvalue weighted by atomic mass is 35.5. The molecule has 1 saturated heterocycles. The van der Waals surface area contributed by atoms with Crippen LogP contribution in [0, 0.1) is 0 Å². The molecule has 1 aliphatic heterocycles. The molecule has 0 aliphatic carbocycles. The highest BCUT2D eigenvalue weighted by Crippen LogP contribution is 2.09. The molecule has 1 unspecified atom stereocenters. The molecule has 0 bridgehead atoms. The first-order chi connectivity index (χ1) is 10.8. The van der Waals surface area contributed by atoms with Crippen molar-refractivity contribution in [2.45, 2.75) is 31.7 Å². The zero-order valence-electron chi connectivity index (χ0n) is 13.1. The molecule has 2 N–H and O–H groups in total. The molecule has 6 heteroatoms. The molecule has 23 heavy (non-hydrogen) atoms. The first-order valence-electron chi connectivity index (χ1n) is 7.90. The van der Waals surface area contributed by atoms with Crippen molar-refractivity contribution >= 4 is 18.3 Å². The van der Waals surface area contributed by atoms with Crippen LogP contribution in [0.3, 0.4) is 0 Å². The minimum absolute atomic E-state index is 0. The van der Waals surface area contributed by atoms with Crippen molar-refractivity contribution in [1.29, 1.82) is 0 Å². The first-order valence-corrected chi connectivity index (χ1v) is 7.90. The van der Waals surface area contributed by atoms with E-state index in [1.165, 1.54) is 6.42 Å². The number of para-hydroxylation sites is 1. The van der Waals surface area contributed by atoms with E-state index in [4.69, 9.17) is 0 Å². The van der Waals surface area contributed by atoms with Gasteiger partial charge in [-0.3, -0.25) is 4.79 Å². The van der Waals surface area contributed by atoms with Crippen LogP contribution in [0.4, 0.5) is 0 Å². The van der Waals surface area contributed by atoms with Gasteiger partial charge in [0, 0.05) is 25.2 Å². The highest BCUT2D eigenvalue weighted by Gasteiger charge is 2.17. The third-order valence-electron chi connectivity index (χ3n) is 3.99. The van der Waals surface area contributed by atoms with Crippen LogP contribution in [0.15, 0.2) is 42.7 Å². The molecule has 1 amide bonds. The summed E-state index contributed by atoms with van der Waals surface area (Å²) in [6.45, 7) is 1.70. The van der Waals surface area contributed by atoms with Crippen LogP contribution in [-0.4, -0.2) is 34.8 Å². The summed E-state index contributed by atoms with van der Waals surface area (Å²) in [6.07, 6.45) is 7.55. The van der Waals surface area contributed by atoms with Gasteiger partial charge in [-0.1, -0.05) is 18.2 Å². The lowest BCUT2D eigenvalue weighted by molar-refractivity contribution is -0.121. The Hall–Kier alpha value is -1.85. The molecule has 1 aromatic heterocycles. The fourth-order valence-electron chi connectivity index (χ4n) is 2.78. The van der Waals surface area contributed by atoms with Gasteiger partial charge in [-0.2, -0.15) is 5.10 Å². The van der Waals surface area contributed by atoms with E-state index in [1.807, 2.05) is 47.4 Å². The number of benzene rings is 1. The highest BCUT2D eigenvalue weighted by molar-refractivity contribution is 5.85. The van der Waals surface area contributed by atoms with Crippen LogP contribution in [0.5, 0.6) is 0 Å². The molecule has 124 valence electrons. The van der Waals surface area contributed by atoms with Crippen molar-refractivity contribution in [3.8, 4) is 5.69 Å². The van der Waals surface area contributed by atoms with Crippen molar-refractivity contribution in [2.75, 3.05) is 13.1 Å². The van der Waals surface area contributed by atoms with Gasteiger partial charge in [-0.15, -0.1) is 12.4 Å². The van der Waals surface area contributed by atoms with Crippen LogP contribution in [0.2, 0.25) is 0 Å². The van der Waals surface area contributed by atoms with Crippen LogP contribution in [0.25, 0.3) is 5.69 Å². The molecule has 3 rings (SSSR count). The van der Waals surface area contributed by atoms with Crippen molar-refractivity contribution in [1.82, 2.24) is 20.4 Å². The maximum Gasteiger partial charge on any atom is 0.221 e. The second-order valence-electron chi connectivity index (χ2n) is 5.73. The Kier molecular flexibility index (Phi) is 6.62. The van der Waals surface area contributed by atoms with Gasteiger partial charge in [0.15, 0.2) is 0 Å². The Bertz CT molecular complexity index is 608. The van der Waals surface area contributed by atoms with Crippen molar-refractivity contribution in [3.63, 3.8) is 0 Å². The number of carbonyl (C=O) groups excluding carboxylic acids is 1. The molecule has 1 fully saturated rings. The summed E-state index contributed by atoms with van der Waals surface area (Å²) in [6, 6.07) is 10.4. The van der Waals surface area contributed by atoms with Gasteiger partial charge in [0.25, 0.3) is 0 Å². The first kappa shape index (κ1) is 17.5. The van der Waals surface area contributed by atoms with E-state index in [0.29, 0.717) is 19.0 Å². The fraction of sp³-hybridized carbons (Fsp3) is 0.412. The minimum atomic E-state index is 0. The SMILES string of the molecule is Cl.O=C(CC1CCCN1)NCCc1cnn(-c2ccccc2)c1.